The third-order valence-electron chi connectivity index (χ3n) is 6.40. The van der Waals surface area contributed by atoms with Crippen LogP contribution in [0, 0.1) is 5.92 Å². The van der Waals surface area contributed by atoms with E-state index in [1.165, 1.54) is 25.4 Å². The van der Waals surface area contributed by atoms with Crippen LogP contribution in [0.2, 0.25) is 0 Å². The van der Waals surface area contributed by atoms with Gasteiger partial charge in [0.1, 0.15) is 22.8 Å². The van der Waals surface area contributed by atoms with Crippen LogP contribution in [0.25, 0.3) is 0 Å². The molecular weight excluding hydrogens is 456 g/mol. The molecule has 0 saturated heterocycles. The molecule has 0 aliphatic heterocycles. The van der Waals surface area contributed by atoms with Crippen LogP contribution in [0.5, 0.6) is 17.2 Å². The second-order valence-electron chi connectivity index (χ2n) is 9.21. The lowest BCUT2D eigenvalue weighted by Crippen LogP contribution is -2.27. The van der Waals surface area contributed by atoms with Gasteiger partial charge >= 0.3 is 0 Å². The summed E-state index contributed by atoms with van der Waals surface area (Å²) >= 11 is 0. The number of carbonyl (C=O) groups excluding carboxylic acids is 1. The predicted octanol–water partition coefficient (Wildman–Crippen LogP) is 6.71. The van der Waals surface area contributed by atoms with E-state index >= 15 is 0 Å². The third kappa shape index (κ3) is 7.21. The highest BCUT2D eigenvalue weighted by atomic mass is 16.7. The molecule has 194 valence electrons. The van der Waals surface area contributed by atoms with E-state index in [0.29, 0.717) is 29.2 Å². The second-order valence-corrected chi connectivity index (χ2v) is 9.21. The third-order valence-corrected chi connectivity index (χ3v) is 6.40. The summed E-state index contributed by atoms with van der Waals surface area (Å²) in [7, 11) is 4.64. The Morgan fingerprint density at radius 3 is 2.17 bits per heavy atom. The van der Waals surface area contributed by atoms with Crippen molar-refractivity contribution in [1.29, 1.82) is 0 Å². The second kappa shape index (κ2) is 13.9. The van der Waals surface area contributed by atoms with Crippen LogP contribution in [-0.2, 0) is 9.47 Å². The van der Waals surface area contributed by atoms with Crippen LogP contribution in [0.15, 0.2) is 65.8 Å². The lowest BCUT2D eigenvalue weighted by atomic mass is 9.72. The molecule has 1 aliphatic rings. The molecule has 0 saturated carbocycles. The fourth-order valence-corrected chi connectivity index (χ4v) is 4.64. The van der Waals surface area contributed by atoms with E-state index in [1.54, 1.807) is 19.2 Å². The Hall–Kier alpha value is -3.09. The van der Waals surface area contributed by atoms with Crippen LogP contribution >= 0.6 is 0 Å². The van der Waals surface area contributed by atoms with Crippen LogP contribution in [0.1, 0.15) is 61.4 Å². The summed E-state index contributed by atoms with van der Waals surface area (Å²) < 4.78 is 27.3. The molecule has 0 bridgehead atoms. The van der Waals surface area contributed by atoms with Gasteiger partial charge in [-0.25, -0.2) is 0 Å². The highest BCUT2D eigenvalue weighted by molar-refractivity contribution is 6.03. The first kappa shape index (κ1) is 27.5. The minimum absolute atomic E-state index is 0.00163. The molecule has 0 N–H and O–H groups in total. The van der Waals surface area contributed by atoms with Gasteiger partial charge in [0.05, 0.1) is 7.11 Å². The molecule has 0 unspecified atom stereocenters. The minimum atomic E-state index is -0.261. The van der Waals surface area contributed by atoms with Gasteiger partial charge in [-0.3, -0.25) is 4.79 Å². The molecule has 2 aromatic rings. The van der Waals surface area contributed by atoms with Gasteiger partial charge in [-0.2, -0.15) is 0 Å². The Morgan fingerprint density at radius 1 is 0.972 bits per heavy atom. The van der Waals surface area contributed by atoms with Gasteiger partial charge < -0.3 is 23.7 Å². The molecule has 0 spiro atoms. The minimum Gasteiger partial charge on any atom is -0.496 e. The van der Waals surface area contributed by atoms with Crippen molar-refractivity contribution < 1.29 is 28.5 Å². The number of ether oxygens (including phenoxy) is 5. The number of methoxy groups -OCH3 is 3. The molecule has 1 aliphatic carbocycles. The highest BCUT2D eigenvalue weighted by Crippen LogP contribution is 2.44. The van der Waals surface area contributed by atoms with E-state index in [2.05, 4.69) is 38.1 Å². The Kier molecular flexibility index (Phi) is 10.6. The van der Waals surface area contributed by atoms with Crippen molar-refractivity contribution in [2.75, 3.05) is 34.9 Å². The molecule has 0 fully saturated rings. The standard InChI is InChI=1S/C30H38O6/c1-21(2)10-9-11-22-14-15-25(26(16-22)23-12-7-6-8-13-23)30(31)29-27(35-19-32-3)17-24(34-5)18-28(29)36-20-33-4/h6-8,10,12-14,17-18,25-26H,9,11,15-16,19-20H2,1-5H3/t25-,26+/m0/s1. The molecule has 2 atom stereocenters. The van der Waals surface area contributed by atoms with Crippen molar-refractivity contribution in [2.45, 2.75) is 45.4 Å². The van der Waals surface area contributed by atoms with Crippen LogP contribution in [0.4, 0.5) is 0 Å². The van der Waals surface area contributed by atoms with Crippen LogP contribution in [-0.4, -0.2) is 40.7 Å². The van der Waals surface area contributed by atoms with Crippen molar-refractivity contribution in [1.82, 2.24) is 0 Å². The Morgan fingerprint density at radius 2 is 1.61 bits per heavy atom. The van der Waals surface area contributed by atoms with E-state index in [0.717, 1.165) is 24.8 Å². The SMILES string of the molecule is COCOc1cc(OC)cc(OCOC)c1C(=O)[C@H]1CC=C(CCC=C(C)C)C[C@@H]1c1ccccc1. The van der Waals surface area contributed by atoms with Gasteiger partial charge in [-0.15, -0.1) is 0 Å². The lowest BCUT2D eigenvalue weighted by Gasteiger charge is -2.32. The zero-order valence-corrected chi connectivity index (χ0v) is 22.0. The number of rotatable bonds is 13. The average molecular weight is 495 g/mol. The van der Waals surface area contributed by atoms with Crippen molar-refractivity contribution in [2.24, 2.45) is 5.92 Å². The number of Topliss-reactive ketones (excluding diaryl/α,β-unsaturated/α-hetero) is 1. The number of allylic oxidation sites excluding steroid dienone is 4. The summed E-state index contributed by atoms with van der Waals surface area (Å²) in [6.45, 7) is 4.24. The van der Waals surface area contributed by atoms with E-state index in [-0.39, 0.29) is 31.2 Å². The normalized spacial score (nSPS) is 17.2. The summed E-state index contributed by atoms with van der Waals surface area (Å²) in [6.07, 6.45) is 8.03. The van der Waals surface area contributed by atoms with Crippen molar-refractivity contribution in [3.63, 3.8) is 0 Å². The molecule has 3 rings (SSSR count). The maximum Gasteiger partial charge on any atom is 0.188 e. The number of hydrogen-bond acceptors (Lipinski definition) is 6. The fourth-order valence-electron chi connectivity index (χ4n) is 4.64. The molecule has 2 aromatic carbocycles. The maximum atomic E-state index is 14.2. The molecule has 6 nitrogen and oxygen atoms in total. The molecule has 6 heteroatoms. The van der Waals surface area contributed by atoms with Crippen molar-refractivity contribution in [3.8, 4) is 17.2 Å². The summed E-state index contributed by atoms with van der Waals surface area (Å²) in [4.78, 5) is 14.2. The fraction of sp³-hybridized carbons (Fsp3) is 0.433. The maximum absolute atomic E-state index is 14.2. The lowest BCUT2D eigenvalue weighted by molar-refractivity contribution is 0.0436. The summed E-state index contributed by atoms with van der Waals surface area (Å²) in [6, 6.07) is 13.7. The monoisotopic (exact) mass is 494 g/mol. The van der Waals surface area contributed by atoms with Crippen molar-refractivity contribution >= 4 is 5.78 Å². The van der Waals surface area contributed by atoms with Gasteiger partial charge in [0.2, 0.25) is 0 Å². The number of hydrogen-bond donors (Lipinski definition) is 0. The molecule has 0 heterocycles. The van der Waals surface area contributed by atoms with Gasteiger partial charge in [0.25, 0.3) is 0 Å². The van der Waals surface area contributed by atoms with E-state index in [1.807, 2.05) is 18.2 Å². The topological polar surface area (TPSA) is 63.2 Å². The first-order chi connectivity index (χ1) is 17.5. The number of ketones is 1. The molecule has 0 aromatic heterocycles. The van der Waals surface area contributed by atoms with E-state index in [4.69, 9.17) is 23.7 Å². The highest BCUT2D eigenvalue weighted by Gasteiger charge is 2.36. The summed E-state index contributed by atoms with van der Waals surface area (Å²) in [5.41, 5.74) is 4.27. The quantitative estimate of drug-likeness (QED) is 0.175. The number of benzene rings is 2. The molecule has 36 heavy (non-hydrogen) atoms. The average Bonchev–Trinajstić information content (AvgIpc) is 2.90. The van der Waals surface area contributed by atoms with Gasteiger partial charge in [0, 0.05) is 32.3 Å². The Labute approximate surface area is 214 Å². The summed E-state index contributed by atoms with van der Waals surface area (Å²) in [5, 5.41) is 0. The number of carbonyl (C=O) groups is 1. The predicted molar refractivity (Wildman–Crippen MR) is 141 cm³/mol. The Bertz CT molecular complexity index is 1020. The zero-order valence-electron chi connectivity index (χ0n) is 22.0. The van der Waals surface area contributed by atoms with E-state index < -0.39 is 0 Å². The van der Waals surface area contributed by atoms with Gasteiger partial charge in [-0.05, 0) is 51.0 Å². The molecule has 0 amide bonds. The van der Waals surface area contributed by atoms with Gasteiger partial charge in [-0.1, -0.05) is 53.6 Å². The van der Waals surface area contributed by atoms with Crippen LogP contribution in [0.3, 0.4) is 0 Å². The zero-order chi connectivity index (χ0) is 25.9. The first-order valence-corrected chi connectivity index (χ1v) is 12.3. The van der Waals surface area contributed by atoms with Crippen LogP contribution < -0.4 is 14.2 Å². The largest absolute Gasteiger partial charge is 0.496 e. The molecular formula is C30H38O6. The van der Waals surface area contributed by atoms with Crippen molar-refractivity contribution in [3.05, 3.63) is 76.9 Å². The summed E-state index contributed by atoms with van der Waals surface area (Å²) in [5.74, 6) is 1.03. The molecule has 0 radical (unpaired) electrons. The Balaban J connectivity index is 2.02. The first-order valence-electron chi connectivity index (χ1n) is 12.3. The smallest absolute Gasteiger partial charge is 0.188 e. The van der Waals surface area contributed by atoms with E-state index in [9.17, 15) is 4.79 Å². The van der Waals surface area contributed by atoms with Gasteiger partial charge in [0.15, 0.2) is 19.4 Å².